The number of amides is 1. The molecule has 2 rings (SSSR count). The van der Waals surface area contributed by atoms with E-state index in [4.69, 9.17) is 28.6 Å². The second-order valence-corrected chi connectivity index (χ2v) is 6.02. The molecule has 0 atom stereocenters. The number of halogens is 1. The predicted molar refractivity (Wildman–Crippen MR) is 104 cm³/mol. The fourth-order valence-corrected chi connectivity index (χ4v) is 2.39. The van der Waals surface area contributed by atoms with Gasteiger partial charge in [-0.25, -0.2) is 0 Å². The molecule has 0 radical (unpaired) electrons. The maximum absolute atomic E-state index is 12.2. The molecule has 0 aromatic heterocycles. The average Bonchev–Trinajstić information content (AvgIpc) is 2.61. The van der Waals surface area contributed by atoms with E-state index in [9.17, 15) is 14.9 Å². The van der Waals surface area contributed by atoms with Crippen LogP contribution in [0.3, 0.4) is 0 Å². The molecule has 0 spiro atoms. The number of anilines is 1. The summed E-state index contributed by atoms with van der Waals surface area (Å²) in [5, 5.41) is 16.1. The molecule has 0 fully saturated rings. The quantitative estimate of drug-likeness (QED) is 0.434. The molecule has 2 aromatic carbocycles. The van der Waals surface area contributed by atoms with Crippen molar-refractivity contribution in [3.05, 3.63) is 63.2 Å². The molecule has 2 N–H and O–H groups in total. The zero-order valence-electron chi connectivity index (χ0n) is 13.8. The summed E-state index contributed by atoms with van der Waals surface area (Å²) in [6.07, 6.45) is 0.894. The van der Waals surface area contributed by atoms with Gasteiger partial charge in [-0.15, -0.1) is 0 Å². The van der Waals surface area contributed by atoms with Crippen molar-refractivity contribution in [3.63, 3.8) is 0 Å². The third kappa shape index (κ3) is 5.40. The molecule has 7 nitrogen and oxygen atoms in total. The number of ether oxygens (including phenoxy) is 1. The van der Waals surface area contributed by atoms with E-state index >= 15 is 0 Å². The first-order valence-corrected chi connectivity index (χ1v) is 8.48. The Morgan fingerprint density at radius 2 is 1.96 bits per heavy atom. The lowest BCUT2D eigenvalue weighted by atomic mass is 10.2. The Kier molecular flexibility index (Phi) is 6.88. The van der Waals surface area contributed by atoms with E-state index in [0.717, 1.165) is 6.42 Å². The molecular formula is C17H16ClN3O4S. The first kappa shape index (κ1) is 19.6. The molecule has 0 saturated carbocycles. The van der Waals surface area contributed by atoms with Crippen molar-refractivity contribution in [2.75, 3.05) is 11.9 Å². The Hall–Kier alpha value is -2.71. The van der Waals surface area contributed by atoms with E-state index in [1.54, 1.807) is 24.3 Å². The van der Waals surface area contributed by atoms with Crippen molar-refractivity contribution < 1.29 is 14.5 Å². The van der Waals surface area contributed by atoms with Gasteiger partial charge in [0.25, 0.3) is 11.6 Å². The smallest absolute Gasteiger partial charge is 0.289 e. The Morgan fingerprint density at radius 3 is 2.58 bits per heavy atom. The zero-order valence-corrected chi connectivity index (χ0v) is 15.4. The van der Waals surface area contributed by atoms with Gasteiger partial charge in [-0.3, -0.25) is 20.2 Å². The van der Waals surface area contributed by atoms with Gasteiger partial charge in [-0.1, -0.05) is 18.5 Å². The van der Waals surface area contributed by atoms with Crippen LogP contribution in [0.1, 0.15) is 23.7 Å². The van der Waals surface area contributed by atoms with E-state index in [0.29, 0.717) is 23.6 Å². The van der Waals surface area contributed by atoms with Crippen molar-refractivity contribution in [1.82, 2.24) is 5.32 Å². The lowest BCUT2D eigenvalue weighted by molar-refractivity contribution is -0.384. The number of nitro benzene ring substituents is 1. The molecule has 0 aliphatic rings. The van der Waals surface area contributed by atoms with Gasteiger partial charge in [0.2, 0.25) is 0 Å². The molecule has 136 valence electrons. The molecule has 2 aromatic rings. The molecule has 0 aliphatic heterocycles. The Labute approximate surface area is 160 Å². The van der Waals surface area contributed by atoms with Gasteiger partial charge in [-0.05, 0) is 55.0 Å². The van der Waals surface area contributed by atoms with Gasteiger partial charge in [0.15, 0.2) is 5.11 Å². The first-order valence-electron chi connectivity index (χ1n) is 7.70. The highest BCUT2D eigenvalue weighted by Gasteiger charge is 2.14. The Balaban J connectivity index is 1.98. The van der Waals surface area contributed by atoms with E-state index in [1.807, 2.05) is 6.92 Å². The van der Waals surface area contributed by atoms with Gasteiger partial charge in [0, 0.05) is 17.3 Å². The van der Waals surface area contributed by atoms with Gasteiger partial charge in [-0.2, -0.15) is 0 Å². The average molecular weight is 394 g/mol. The number of nitrogens with one attached hydrogen (secondary N) is 2. The van der Waals surface area contributed by atoms with Crippen LogP contribution in [0.2, 0.25) is 5.02 Å². The highest BCUT2D eigenvalue weighted by molar-refractivity contribution is 7.80. The summed E-state index contributed by atoms with van der Waals surface area (Å²) in [5.41, 5.74) is 0.489. The van der Waals surface area contributed by atoms with Crippen molar-refractivity contribution in [1.29, 1.82) is 0 Å². The van der Waals surface area contributed by atoms with Crippen LogP contribution >= 0.6 is 23.8 Å². The molecular weight excluding hydrogens is 378 g/mol. The van der Waals surface area contributed by atoms with E-state index in [2.05, 4.69) is 10.6 Å². The second-order valence-electron chi connectivity index (χ2n) is 5.20. The van der Waals surface area contributed by atoms with E-state index in [1.165, 1.54) is 18.2 Å². The van der Waals surface area contributed by atoms with Crippen molar-refractivity contribution >= 4 is 46.2 Å². The maximum Gasteiger partial charge on any atom is 0.289 e. The lowest BCUT2D eigenvalue weighted by Gasteiger charge is -2.10. The molecule has 9 heteroatoms. The third-order valence-corrected chi connectivity index (χ3v) is 3.74. The van der Waals surface area contributed by atoms with Gasteiger partial charge in [0.05, 0.1) is 11.5 Å². The summed E-state index contributed by atoms with van der Waals surface area (Å²) in [6.45, 7) is 2.61. The summed E-state index contributed by atoms with van der Waals surface area (Å²) >= 11 is 10.8. The maximum atomic E-state index is 12.2. The number of nitrogens with zero attached hydrogens (tertiary/aromatic N) is 1. The number of carbonyl (C=O) groups excluding carboxylic acids is 1. The third-order valence-electron chi connectivity index (χ3n) is 3.22. The molecule has 0 heterocycles. The van der Waals surface area contributed by atoms with Crippen LogP contribution in [0.4, 0.5) is 11.4 Å². The standard InChI is InChI=1S/C17H16ClN3O4S/c1-2-9-25-13-6-3-11(4-7-13)16(22)20-17(26)19-12-5-8-14(18)15(10-12)21(23)24/h3-8,10H,2,9H2,1H3,(H2,19,20,22,26). The minimum atomic E-state index is -0.600. The number of nitro groups is 1. The van der Waals surface area contributed by atoms with Gasteiger partial charge in [0.1, 0.15) is 10.8 Å². The van der Waals surface area contributed by atoms with Crippen LogP contribution in [-0.2, 0) is 0 Å². The molecule has 0 aliphatic carbocycles. The van der Waals surface area contributed by atoms with Crippen LogP contribution in [0.5, 0.6) is 5.75 Å². The number of rotatable bonds is 6. The summed E-state index contributed by atoms with van der Waals surface area (Å²) in [7, 11) is 0. The highest BCUT2D eigenvalue weighted by atomic mass is 35.5. The van der Waals surface area contributed by atoms with Crippen LogP contribution in [0.25, 0.3) is 0 Å². The van der Waals surface area contributed by atoms with Gasteiger partial charge >= 0.3 is 0 Å². The SMILES string of the molecule is CCCOc1ccc(C(=O)NC(=S)Nc2ccc(Cl)c([N+](=O)[O-])c2)cc1. The fourth-order valence-electron chi connectivity index (χ4n) is 1.99. The second kappa shape index (κ2) is 9.12. The zero-order chi connectivity index (χ0) is 19.1. The van der Waals surface area contributed by atoms with E-state index in [-0.39, 0.29) is 15.8 Å². The van der Waals surface area contributed by atoms with Crippen LogP contribution in [-0.4, -0.2) is 22.5 Å². The summed E-state index contributed by atoms with van der Waals surface area (Å²) in [6, 6.07) is 10.8. The monoisotopic (exact) mass is 393 g/mol. The molecule has 1 amide bonds. The largest absolute Gasteiger partial charge is 0.494 e. The minimum Gasteiger partial charge on any atom is -0.494 e. The molecule has 26 heavy (non-hydrogen) atoms. The van der Waals surface area contributed by atoms with E-state index < -0.39 is 10.8 Å². The highest BCUT2D eigenvalue weighted by Crippen LogP contribution is 2.27. The number of hydrogen-bond donors (Lipinski definition) is 2. The topological polar surface area (TPSA) is 93.5 Å². The summed E-state index contributed by atoms with van der Waals surface area (Å²) in [5.74, 6) is 0.269. The van der Waals surface area contributed by atoms with Crippen molar-refractivity contribution in [3.8, 4) is 5.75 Å². The van der Waals surface area contributed by atoms with Crippen molar-refractivity contribution in [2.24, 2.45) is 0 Å². The number of carbonyl (C=O) groups is 1. The Bertz CT molecular complexity index is 827. The van der Waals surface area contributed by atoms with Crippen LogP contribution < -0.4 is 15.4 Å². The lowest BCUT2D eigenvalue weighted by Crippen LogP contribution is -2.34. The predicted octanol–water partition coefficient (Wildman–Crippen LogP) is 4.16. The first-order chi connectivity index (χ1) is 12.4. The number of benzene rings is 2. The molecule has 0 unspecified atom stereocenters. The minimum absolute atomic E-state index is 0.0120. The van der Waals surface area contributed by atoms with Crippen LogP contribution in [0, 0.1) is 10.1 Å². The summed E-state index contributed by atoms with van der Waals surface area (Å²) < 4.78 is 5.45. The fraction of sp³-hybridized carbons (Fsp3) is 0.176. The Morgan fingerprint density at radius 1 is 1.27 bits per heavy atom. The van der Waals surface area contributed by atoms with Gasteiger partial charge < -0.3 is 10.1 Å². The molecule has 0 saturated heterocycles. The van der Waals surface area contributed by atoms with Crippen molar-refractivity contribution in [2.45, 2.75) is 13.3 Å². The van der Waals surface area contributed by atoms with Crippen LogP contribution in [0.15, 0.2) is 42.5 Å². The molecule has 0 bridgehead atoms. The summed E-state index contributed by atoms with van der Waals surface area (Å²) in [4.78, 5) is 22.5. The normalized spacial score (nSPS) is 10.1. The number of hydrogen-bond acceptors (Lipinski definition) is 5. The number of thiocarbonyl (C=S) groups is 1.